The zero-order chi connectivity index (χ0) is 15.4. The zero-order valence-electron chi connectivity index (χ0n) is 13.4. The summed E-state index contributed by atoms with van der Waals surface area (Å²) in [4.78, 5) is 3.30. The summed E-state index contributed by atoms with van der Waals surface area (Å²) in [7, 11) is 1.67. The van der Waals surface area contributed by atoms with Crippen molar-refractivity contribution >= 4 is 0 Å². The van der Waals surface area contributed by atoms with Gasteiger partial charge in [0.15, 0.2) is 5.76 Å². The molecule has 2 aromatic rings. The lowest BCUT2D eigenvalue weighted by molar-refractivity contribution is -1.02. The highest BCUT2D eigenvalue weighted by molar-refractivity contribution is 5.59. The van der Waals surface area contributed by atoms with Crippen molar-refractivity contribution in [1.82, 2.24) is 5.16 Å². The van der Waals surface area contributed by atoms with Gasteiger partial charge in [-0.1, -0.05) is 5.16 Å². The van der Waals surface area contributed by atoms with E-state index in [9.17, 15) is 0 Å². The number of aromatic nitrogens is 1. The first-order chi connectivity index (χ1) is 10.8. The van der Waals surface area contributed by atoms with Gasteiger partial charge in [0, 0.05) is 11.6 Å². The number of nitrogens with zero attached hydrogens (tertiary/aromatic N) is 1. The van der Waals surface area contributed by atoms with Crippen LogP contribution in [0.15, 0.2) is 34.9 Å². The topological polar surface area (TPSA) is 44.1 Å². The molecule has 0 bridgehead atoms. The van der Waals surface area contributed by atoms with Crippen LogP contribution in [0.4, 0.5) is 0 Å². The lowest BCUT2D eigenvalue weighted by Gasteiger charge is -2.28. The van der Waals surface area contributed by atoms with E-state index in [4.69, 9.17) is 9.26 Å². The summed E-state index contributed by atoms with van der Waals surface area (Å²) in [5.74, 6) is 1.83. The Bertz CT molecular complexity index is 586. The second-order valence-corrected chi connectivity index (χ2v) is 5.94. The molecule has 0 aliphatic carbocycles. The number of nitrogens with one attached hydrogen (secondary N) is 2. The van der Waals surface area contributed by atoms with Crippen molar-refractivity contribution in [3.63, 3.8) is 0 Å². The van der Waals surface area contributed by atoms with Crippen LogP contribution < -0.4 is 14.5 Å². The quantitative estimate of drug-likeness (QED) is 0.794. The van der Waals surface area contributed by atoms with Gasteiger partial charge in [-0.05, 0) is 31.2 Å². The third-order valence-electron chi connectivity index (χ3n) is 4.53. The molecular weight excluding hydrogens is 278 g/mol. The van der Waals surface area contributed by atoms with Crippen molar-refractivity contribution in [2.75, 3.05) is 39.8 Å². The zero-order valence-corrected chi connectivity index (χ0v) is 13.4. The number of rotatable bonds is 5. The molecule has 1 fully saturated rings. The predicted molar refractivity (Wildman–Crippen MR) is 84.1 cm³/mol. The Labute approximate surface area is 131 Å². The molecule has 0 spiro atoms. The van der Waals surface area contributed by atoms with Crippen molar-refractivity contribution in [1.29, 1.82) is 0 Å². The summed E-state index contributed by atoms with van der Waals surface area (Å²) in [6.07, 6.45) is 0. The van der Waals surface area contributed by atoms with Gasteiger partial charge in [0.25, 0.3) is 0 Å². The number of hydrogen-bond donors (Lipinski definition) is 2. The van der Waals surface area contributed by atoms with E-state index in [0.717, 1.165) is 29.3 Å². The largest absolute Gasteiger partial charge is 0.497 e. The fourth-order valence-electron chi connectivity index (χ4n) is 3.03. The molecule has 1 aromatic carbocycles. The molecule has 22 heavy (non-hydrogen) atoms. The molecule has 0 saturated carbocycles. The van der Waals surface area contributed by atoms with E-state index in [1.807, 2.05) is 24.3 Å². The predicted octanol–water partition coefficient (Wildman–Crippen LogP) is -0.346. The Morgan fingerprint density at radius 1 is 1.09 bits per heavy atom. The third-order valence-corrected chi connectivity index (χ3v) is 4.53. The van der Waals surface area contributed by atoms with E-state index >= 15 is 0 Å². The maximum Gasteiger partial charge on any atom is 0.191 e. The van der Waals surface area contributed by atoms with Crippen molar-refractivity contribution < 1.29 is 19.1 Å². The Morgan fingerprint density at radius 2 is 1.77 bits per heavy atom. The number of hydrogen-bond acceptors (Lipinski definition) is 3. The SMILES string of the molecule is CC[NH+]1CC[NH+](Cc2cc(-c3ccc(OC)cc3)no2)CC1. The van der Waals surface area contributed by atoms with E-state index in [1.54, 1.807) is 16.9 Å². The van der Waals surface area contributed by atoms with E-state index in [1.165, 1.54) is 32.7 Å². The minimum absolute atomic E-state index is 0.855. The highest BCUT2D eigenvalue weighted by Gasteiger charge is 2.23. The second-order valence-electron chi connectivity index (χ2n) is 5.94. The van der Waals surface area contributed by atoms with Crippen LogP contribution in [0.1, 0.15) is 12.7 Å². The van der Waals surface area contributed by atoms with Gasteiger partial charge < -0.3 is 19.1 Å². The first-order valence-corrected chi connectivity index (χ1v) is 8.05. The van der Waals surface area contributed by atoms with Crippen LogP contribution in [0, 0.1) is 0 Å². The Morgan fingerprint density at radius 3 is 2.41 bits per heavy atom. The van der Waals surface area contributed by atoms with Crippen LogP contribution in [0.2, 0.25) is 0 Å². The van der Waals surface area contributed by atoms with Crippen LogP contribution >= 0.6 is 0 Å². The fraction of sp³-hybridized carbons (Fsp3) is 0.471. The van der Waals surface area contributed by atoms with Gasteiger partial charge in [-0.2, -0.15) is 0 Å². The summed E-state index contributed by atoms with van der Waals surface area (Å²) >= 11 is 0. The Balaban J connectivity index is 1.61. The van der Waals surface area contributed by atoms with Crippen molar-refractivity contribution in [3.8, 4) is 17.0 Å². The average molecular weight is 303 g/mol. The molecule has 2 heterocycles. The summed E-state index contributed by atoms with van der Waals surface area (Å²) in [6, 6.07) is 9.98. The maximum atomic E-state index is 5.52. The number of likely N-dealkylation sites (N-methyl/N-ethyl adjacent to an activating group) is 1. The van der Waals surface area contributed by atoms with Crippen molar-refractivity contribution in [2.45, 2.75) is 13.5 Å². The molecule has 0 radical (unpaired) electrons. The highest BCUT2D eigenvalue weighted by Crippen LogP contribution is 2.21. The van der Waals surface area contributed by atoms with E-state index < -0.39 is 0 Å². The van der Waals surface area contributed by atoms with Gasteiger partial charge >= 0.3 is 0 Å². The Kier molecular flexibility index (Phi) is 4.75. The lowest BCUT2D eigenvalue weighted by Crippen LogP contribution is -3.27. The van der Waals surface area contributed by atoms with Gasteiger partial charge in [0.1, 0.15) is 44.2 Å². The molecule has 0 unspecified atom stereocenters. The van der Waals surface area contributed by atoms with Gasteiger partial charge in [0.2, 0.25) is 0 Å². The minimum atomic E-state index is 0.855. The van der Waals surface area contributed by atoms with Crippen LogP contribution in [-0.4, -0.2) is 45.0 Å². The number of benzene rings is 1. The maximum absolute atomic E-state index is 5.52. The molecule has 5 heteroatoms. The summed E-state index contributed by atoms with van der Waals surface area (Å²) in [5, 5.41) is 4.20. The summed E-state index contributed by atoms with van der Waals surface area (Å²) in [6.45, 7) is 9.36. The smallest absolute Gasteiger partial charge is 0.191 e. The molecule has 0 amide bonds. The van der Waals surface area contributed by atoms with Gasteiger partial charge in [-0.25, -0.2) is 0 Å². The average Bonchev–Trinajstić information content (AvgIpc) is 3.04. The van der Waals surface area contributed by atoms with Crippen LogP contribution in [-0.2, 0) is 6.54 Å². The number of quaternary nitrogens is 2. The molecule has 5 nitrogen and oxygen atoms in total. The lowest BCUT2D eigenvalue weighted by atomic mass is 10.1. The molecule has 1 aliphatic heterocycles. The Hall–Kier alpha value is -1.85. The monoisotopic (exact) mass is 303 g/mol. The van der Waals surface area contributed by atoms with E-state index in [0.29, 0.717) is 0 Å². The van der Waals surface area contributed by atoms with Gasteiger partial charge in [0.05, 0.1) is 13.7 Å². The molecule has 1 aromatic heterocycles. The molecule has 0 atom stereocenters. The first kappa shape index (κ1) is 15.1. The van der Waals surface area contributed by atoms with Gasteiger partial charge in [-0.3, -0.25) is 0 Å². The first-order valence-electron chi connectivity index (χ1n) is 8.05. The van der Waals surface area contributed by atoms with Gasteiger partial charge in [-0.15, -0.1) is 0 Å². The van der Waals surface area contributed by atoms with E-state index in [-0.39, 0.29) is 0 Å². The number of piperazine rings is 1. The minimum Gasteiger partial charge on any atom is -0.497 e. The van der Waals surface area contributed by atoms with Crippen LogP contribution in [0.25, 0.3) is 11.3 Å². The molecule has 1 aliphatic rings. The van der Waals surface area contributed by atoms with E-state index in [2.05, 4.69) is 18.1 Å². The summed E-state index contributed by atoms with van der Waals surface area (Å²) < 4.78 is 10.7. The molecule has 3 rings (SSSR count). The summed E-state index contributed by atoms with van der Waals surface area (Å²) in [5.41, 5.74) is 1.96. The molecule has 2 N–H and O–H groups in total. The molecular formula is C17H25N3O2+2. The molecule has 118 valence electrons. The van der Waals surface area contributed by atoms with Crippen molar-refractivity contribution in [3.05, 3.63) is 36.1 Å². The highest BCUT2D eigenvalue weighted by atomic mass is 16.5. The third kappa shape index (κ3) is 3.48. The van der Waals surface area contributed by atoms with Crippen LogP contribution in [0.3, 0.4) is 0 Å². The normalized spacial score (nSPS) is 21.7. The number of methoxy groups -OCH3 is 1. The second kappa shape index (κ2) is 6.94. The standard InChI is InChI=1S/C17H23N3O2/c1-3-19-8-10-20(11-9-19)13-16-12-17(18-22-16)14-4-6-15(21-2)7-5-14/h4-7,12H,3,8-11,13H2,1-2H3/p+2. The molecule has 1 saturated heterocycles. The fourth-order valence-corrected chi connectivity index (χ4v) is 3.03. The van der Waals surface area contributed by atoms with Crippen LogP contribution in [0.5, 0.6) is 5.75 Å². The van der Waals surface area contributed by atoms with Crippen molar-refractivity contribution in [2.24, 2.45) is 0 Å². The number of ether oxygens (including phenoxy) is 1.